The molecule has 1 amide bonds. The Morgan fingerprint density at radius 1 is 1.30 bits per heavy atom. The van der Waals surface area contributed by atoms with Crippen LogP contribution in [0.4, 0.5) is 0 Å². The molecule has 1 fully saturated rings. The highest BCUT2D eigenvalue weighted by molar-refractivity contribution is 5.76. The Balaban J connectivity index is 1.73. The zero-order chi connectivity index (χ0) is 16.5. The first-order chi connectivity index (χ1) is 11.2. The summed E-state index contributed by atoms with van der Waals surface area (Å²) in [6.07, 6.45) is 7.60. The highest BCUT2D eigenvalue weighted by Crippen LogP contribution is 2.37. The van der Waals surface area contributed by atoms with Crippen LogP contribution in [-0.2, 0) is 9.53 Å². The van der Waals surface area contributed by atoms with Crippen LogP contribution in [-0.4, -0.2) is 79.0 Å². The van der Waals surface area contributed by atoms with Crippen LogP contribution in [0, 0.1) is 12.3 Å². The normalized spacial score (nSPS) is 19.3. The van der Waals surface area contributed by atoms with Gasteiger partial charge in [0.15, 0.2) is 5.66 Å². The van der Waals surface area contributed by atoms with Gasteiger partial charge in [0.2, 0.25) is 5.91 Å². The second-order valence-corrected chi connectivity index (χ2v) is 5.94. The summed E-state index contributed by atoms with van der Waals surface area (Å²) in [5, 5.41) is 17.3. The zero-order valence-electron chi connectivity index (χ0n) is 13.6. The molecule has 2 aliphatic heterocycles. The van der Waals surface area contributed by atoms with Gasteiger partial charge in [-0.25, -0.2) is 0 Å². The van der Waals surface area contributed by atoms with Gasteiger partial charge in [0, 0.05) is 58.4 Å². The van der Waals surface area contributed by atoms with Gasteiger partial charge in [-0.1, -0.05) is 0 Å². The molecule has 0 aromatic carbocycles. The van der Waals surface area contributed by atoms with Crippen LogP contribution in [0.1, 0.15) is 25.7 Å². The molecule has 2 aliphatic rings. The fourth-order valence-corrected chi connectivity index (χ4v) is 2.70. The van der Waals surface area contributed by atoms with E-state index < -0.39 is 5.66 Å². The summed E-state index contributed by atoms with van der Waals surface area (Å²) in [5.41, 5.74) is -0.420. The highest BCUT2D eigenvalue weighted by Gasteiger charge is 2.39. The Kier molecular flexibility index (Phi) is 6.96. The number of aliphatic hydroxyl groups is 1. The lowest BCUT2D eigenvalue weighted by molar-refractivity contribution is -0.132. The van der Waals surface area contributed by atoms with E-state index in [-0.39, 0.29) is 12.5 Å². The Morgan fingerprint density at radius 2 is 2.04 bits per heavy atom. The SMILES string of the molecule is C#CCCC1(CCC(=O)N(CCO)CCN2CCOCC2)N=N1. The monoisotopic (exact) mass is 322 g/mol. The molecule has 0 atom stereocenters. The summed E-state index contributed by atoms with van der Waals surface area (Å²) < 4.78 is 5.32. The first-order valence-corrected chi connectivity index (χ1v) is 8.25. The molecule has 0 aliphatic carbocycles. The number of carbonyl (C=O) groups excluding carboxylic acids is 1. The van der Waals surface area contributed by atoms with Gasteiger partial charge in [-0.15, -0.1) is 12.3 Å². The third kappa shape index (κ3) is 5.90. The summed E-state index contributed by atoms with van der Waals surface area (Å²) in [6, 6.07) is 0. The van der Waals surface area contributed by atoms with E-state index in [1.807, 2.05) is 0 Å². The van der Waals surface area contributed by atoms with Crippen LogP contribution in [0.25, 0.3) is 0 Å². The first kappa shape index (κ1) is 17.9. The average Bonchev–Trinajstić information content (AvgIpc) is 3.36. The van der Waals surface area contributed by atoms with Crippen LogP contribution < -0.4 is 0 Å². The number of amides is 1. The smallest absolute Gasteiger partial charge is 0.222 e. The van der Waals surface area contributed by atoms with E-state index in [0.717, 1.165) is 32.8 Å². The van der Waals surface area contributed by atoms with Crippen molar-refractivity contribution >= 4 is 5.91 Å². The standard InChI is InChI=1S/C16H26N4O3/c1-2-3-5-16(17-18-16)6-4-15(22)20(9-12-21)8-7-19-10-13-23-14-11-19/h1,21H,3-14H2. The number of carbonyl (C=O) groups is 1. The Hall–Kier alpha value is -1.49. The minimum absolute atomic E-state index is 0.0220. The number of hydrogen-bond donors (Lipinski definition) is 1. The molecular weight excluding hydrogens is 296 g/mol. The maximum Gasteiger partial charge on any atom is 0.222 e. The van der Waals surface area contributed by atoms with E-state index in [0.29, 0.717) is 38.8 Å². The van der Waals surface area contributed by atoms with Crippen molar-refractivity contribution in [3.63, 3.8) is 0 Å². The van der Waals surface area contributed by atoms with E-state index in [9.17, 15) is 9.90 Å². The van der Waals surface area contributed by atoms with Crippen molar-refractivity contribution in [3.8, 4) is 12.3 Å². The molecule has 0 spiro atoms. The van der Waals surface area contributed by atoms with Crippen molar-refractivity contribution in [2.24, 2.45) is 10.2 Å². The average molecular weight is 322 g/mol. The molecule has 0 bridgehead atoms. The topological polar surface area (TPSA) is 77.7 Å². The molecule has 2 heterocycles. The predicted octanol–water partition coefficient (Wildman–Crippen LogP) is 0.495. The van der Waals surface area contributed by atoms with Gasteiger partial charge in [-0.2, -0.15) is 10.2 Å². The summed E-state index contributed by atoms with van der Waals surface area (Å²) in [5.74, 6) is 2.63. The number of rotatable bonds is 10. The number of morpholine rings is 1. The fourth-order valence-electron chi connectivity index (χ4n) is 2.70. The Bertz CT molecular complexity index is 449. The number of aliphatic hydroxyl groups excluding tert-OH is 1. The van der Waals surface area contributed by atoms with Gasteiger partial charge in [-0.05, 0) is 0 Å². The van der Waals surface area contributed by atoms with E-state index in [1.165, 1.54) is 0 Å². The molecule has 7 heteroatoms. The van der Waals surface area contributed by atoms with Gasteiger partial charge in [0.25, 0.3) is 0 Å². The highest BCUT2D eigenvalue weighted by atomic mass is 16.5. The van der Waals surface area contributed by atoms with Crippen LogP contribution >= 0.6 is 0 Å². The van der Waals surface area contributed by atoms with Crippen molar-refractivity contribution in [1.82, 2.24) is 9.80 Å². The molecule has 128 valence electrons. The maximum atomic E-state index is 12.4. The van der Waals surface area contributed by atoms with E-state index >= 15 is 0 Å². The van der Waals surface area contributed by atoms with Crippen molar-refractivity contribution < 1.29 is 14.6 Å². The van der Waals surface area contributed by atoms with Crippen LogP contribution in [0.5, 0.6) is 0 Å². The fraction of sp³-hybridized carbons (Fsp3) is 0.812. The molecule has 0 unspecified atom stereocenters. The molecule has 1 N–H and O–H groups in total. The number of ether oxygens (including phenoxy) is 1. The van der Waals surface area contributed by atoms with Gasteiger partial charge < -0.3 is 14.7 Å². The van der Waals surface area contributed by atoms with Gasteiger partial charge >= 0.3 is 0 Å². The van der Waals surface area contributed by atoms with E-state index in [2.05, 4.69) is 21.0 Å². The largest absolute Gasteiger partial charge is 0.395 e. The lowest BCUT2D eigenvalue weighted by Crippen LogP contribution is -2.44. The summed E-state index contributed by atoms with van der Waals surface area (Å²) in [4.78, 5) is 16.4. The van der Waals surface area contributed by atoms with Crippen molar-refractivity contribution in [2.45, 2.75) is 31.3 Å². The third-order valence-corrected chi connectivity index (χ3v) is 4.30. The van der Waals surface area contributed by atoms with Gasteiger partial charge in [0.05, 0.1) is 19.8 Å². The summed E-state index contributed by atoms with van der Waals surface area (Å²) in [7, 11) is 0. The lowest BCUT2D eigenvalue weighted by atomic mass is 10.0. The summed E-state index contributed by atoms with van der Waals surface area (Å²) >= 11 is 0. The number of terminal acetylenes is 1. The maximum absolute atomic E-state index is 12.4. The molecular formula is C16H26N4O3. The molecule has 0 radical (unpaired) electrons. The van der Waals surface area contributed by atoms with E-state index in [1.54, 1.807) is 4.90 Å². The van der Waals surface area contributed by atoms with Gasteiger partial charge in [0.1, 0.15) is 0 Å². The quantitative estimate of drug-likeness (QED) is 0.594. The Labute approximate surface area is 137 Å². The molecule has 1 saturated heterocycles. The van der Waals surface area contributed by atoms with Crippen LogP contribution in [0.2, 0.25) is 0 Å². The Morgan fingerprint density at radius 3 is 2.65 bits per heavy atom. The van der Waals surface area contributed by atoms with Gasteiger partial charge in [-0.3, -0.25) is 9.69 Å². The van der Waals surface area contributed by atoms with Crippen molar-refractivity contribution in [2.75, 3.05) is 52.5 Å². The third-order valence-electron chi connectivity index (χ3n) is 4.30. The summed E-state index contributed by atoms with van der Waals surface area (Å²) in [6.45, 7) is 5.07. The molecule has 7 nitrogen and oxygen atoms in total. The second-order valence-electron chi connectivity index (χ2n) is 5.94. The van der Waals surface area contributed by atoms with Crippen molar-refractivity contribution in [3.05, 3.63) is 0 Å². The molecule has 2 rings (SSSR count). The minimum Gasteiger partial charge on any atom is -0.395 e. The predicted molar refractivity (Wildman–Crippen MR) is 85.8 cm³/mol. The lowest BCUT2D eigenvalue weighted by Gasteiger charge is -2.30. The first-order valence-electron chi connectivity index (χ1n) is 8.25. The molecule has 23 heavy (non-hydrogen) atoms. The minimum atomic E-state index is -0.420. The van der Waals surface area contributed by atoms with Crippen molar-refractivity contribution in [1.29, 1.82) is 0 Å². The zero-order valence-corrected chi connectivity index (χ0v) is 13.6. The van der Waals surface area contributed by atoms with Crippen LogP contribution in [0.3, 0.4) is 0 Å². The molecule has 0 saturated carbocycles. The molecule has 0 aromatic heterocycles. The number of hydrogen-bond acceptors (Lipinski definition) is 6. The van der Waals surface area contributed by atoms with Crippen LogP contribution in [0.15, 0.2) is 10.2 Å². The van der Waals surface area contributed by atoms with E-state index in [4.69, 9.17) is 11.2 Å². The molecule has 0 aromatic rings. The second kappa shape index (κ2) is 8.96. The number of nitrogens with zero attached hydrogens (tertiary/aromatic N) is 4.